The number of alkyl halides is 9. The predicted octanol–water partition coefficient (Wildman–Crippen LogP) is 8.30. The highest BCUT2D eigenvalue weighted by Gasteiger charge is 2.37. The predicted molar refractivity (Wildman–Crippen MR) is 171 cm³/mol. The van der Waals surface area contributed by atoms with Gasteiger partial charge in [-0.25, -0.2) is 14.8 Å². The third kappa shape index (κ3) is 10.0. The molecule has 17 heteroatoms. The Labute approximate surface area is 292 Å². The monoisotopic (exact) mass is 741 g/mol. The minimum Gasteiger partial charge on any atom is -0.465 e. The van der Waals surface area contributed by atoms with E-state index in [1.54, 1.807) is 30.3 Å². The van der Waals surface area contributed by atoms with Gasteiger partial charge in [0.25, 0.3) is 0 Å². The van der Waals surface area contributed by atoms with E-state index in [1.165, 1.54) is 23.4 Å². The second-order valence-electron chi connectivity index (χ2n) is 12.0. The van der Waals surface area contributed by atoms with Crippen LogP contribution in [0.5, 0.6) is 0 Å². The molecule has 52 heavy (non-hydrogen) atoms. The number of hydrogen-bond acceptors (Lipinski definition) is 6. The number of anilines is 2. The average molecular weight is 742 g/mol. The van der Waals surface area contributed by atoms with Gasteiger partial charge >= 0.3 is 24.6 Å². The van der Waals surface area contributed by atoms with Gasteiger partial charge in [0.2, 0.25) is 5.95 Å². The fraction of sp³-hybridized carbons (Fsp3) is 0.343. The molecule has 1 N–H and O–H groups in total. The molecule has 0 bridgehead atoms. The smallest absolute Gasteiger partial charge is 0.416 e. The van der Waals surface area contributed by atoms with Crippen LogP contribution >= 0.6 is 0 Å². The molecule has 1 aliphatic rings. The standard InChI is InChI=1S/C35H32F9N5O3/c36-33(37,38)27-7-6-25(8-9-48(32(50)51)20-23-4-2-1-3-5-23)26(16-27)22-49(31-45-18-30(19-46-31)47-10-12-52-13-11-47)21-24-14-28(34(39,40)41)17-29(15-24)35(42,43)44/h1-7,14-19H,8-13,20-22H2,(H,50,51). The largest absolute Gasteiger partial charge is 0.465 e. The van der Waals surface area contributed by atoms with Gasteiger partial charge in [-0.05, 0) is 59.0 Å². The van der Waals surface area contributed by atoms with Crippen molar-refractivity contribution in [2.24, 2.45) is 0 Å². The van der Waals surface area contributed by atoms with Gasteiger partial charge in [-0.15, -0.1) is 0 Å². The minimum atomic E-state index is -5.14. The summed E-state index contributed by atoms with van der Waals surface area (Å²) in [5.74, 6) is -0.178. The number of halogens is 9. The van der Waals surface area contributed by atoms with Crippen molar-refractivity contribution in [3.05, 3.63) is 118 Å². The first-order valence-electron chi connectivity index (χ1n) is 15.9. The zero-order valence-electron chi connectivity index (χ0n) is 27.3. The molecule has 0 atom stereocenters. The van der Waals surface area contributed by atoms with Crippen molar-refractivity contribution in [3.8, 4) is 0 Å². The Morgan fingerprint density at radius 3 is 1.87 bits per heavy atom. The summed E-state index contributed by atoms with van der Waals surface area (Å²) in [7, 11) is 0. The van der Waals surface area contributed by atoms with E-state index >= 15 is 0 Å². The Morgan fingerprint density at radius 2 is 1.31 bits per heavy atom. The van der Waals surface area contributed by atoms with Crippen molar-refractivity contribution in [2.75, 3.05) is 42.6 Å². The van der Waals surface area contributed by atoms with Crippen molar-refractivity contribution >= 4 is 17.7 Å². The Bertz CT molecular complexity index is 1780. The summed E-state index contributed by atoms with van der Waals surface area (Å²) in [6.45, 7) is 0.551. The second-order valence-corrected chi connectivity index (χ2v) is 12.0. The molecule has 8 nitrogen and oxygen atoms in total. The van der Waals surface area contributed by atoms with Crippen molar-refractivity contribution in [2.45, 2.75) is 44.6 Å². The van der Waals surface area contributed by atoms with Gasteiger partial charge in [-0.3, -0.25) is 0 Å². The molecular weight excluding hydrogens is 709 g/mol. The zero-order chi connectivity index (χ0) is 37.7. The zero-order valence-corrected chi connectivity index (χ0v) is 27.3. The van der Waals surface area contributed by atoms with Crippen LogP contribution in [0.3, 0.4) is 0 Å². The van der Waals surface area contributed by atoms with Crippen LogP contribution in [0.4, 0.5) is 55.9 Å². The van der Waals surface area contributed by atoms with Crippen LogP contribution in [-0.2, 0) is 49.3 Å². The molecule has 278 valence electrons. The van der Waals surface area contributed by atoms with Gasteiger partial charge in [0.15, 0.2) is 0 Å². The number of hydrogen-bond donors (Lipinski definition) is 1. The lowest BCUT2D eigenvalue weighted by Crippen LogP contribution is -2.36. The quantitative estimate of drug-likeness (QED) is 0.155. The number of rotatable bonds is 11. The molecule has 1 aromatic heterocycles. The van der Waals surface area contributed by atoms with Gasteiger partial charge < -0.3 is 24.5 Å². The number of nitrogens with zero attached hydrogens (tertiary/aromatic N) is 5. The van der Waals surface area contributed by atoms with E-state index in [0.717, 1.165) is 17.0 Å². The first kappa shape index (κ1) is 38.2. The maximum atomic E-state index is 14.0. The molecule has 1 saturated heterocycles. The summed E-state index contributed by atoms with van der Waals surface area (Å²) in [5.41, 5.74) is -3.16. The number of carboxylic acid groups (broad SMARTS) is 1. The fourth-order valence-corrected chi connectivity index (χ4v) is 5.69. The average Bonchev–Trinajstić information content (AvgIpc) is 3.09. The molecule has 0 aliphatic carbocycles. The van der Waals surface area contributed by atoms with Gasteiger partial charge in [0.1, 0.15) is 0 Å². The molecule has 3 aromatic carbocycles. The summed E-state index contributed by atoms with van der Waals surface area (Å²) < 4.78 is 130. The van der Waals surface area contributed by atoms with E-state index in [4.69, 9.17) is 4.74 Å². The van der Waals surface area contributed by atoms with Crippen LogP contribution in [0.15, 0.2) is 79.1 Å². The van der Waals surface area contributed by atoms with E-state index < -0.39 is 60.0 Å². The molecule has 5 rings (SSSR count). The highest BCUT2D eigenvalue weighted by atomic mass is 19.4. The fourth-order valence-electron chi connectivity index (χ4n) is 5.69. The van der Waals surface area contributed by atoms with E-state index in [0.29, 0.717) is 49.7 Å². The van der Waals surface area contributed by atoms with E-state index in [2.05, 4.69) is 9.97 Å². The molecule has 1 fully saturated rings. The van der Waals surface area contributed by atoms with Crippen molar-refractivity contribution in [3.63, 3.8) is 0 Å². The summed E-state index contributed by atoms with van der Waals surface area (Å²) in [5, 5.41) is 9.85. The molecule has 0 saturated carbocycles. The summed E-state index contributed by atoms with van der Waals surface area (Å²) in [6, 6.07) is 12.5. The normalized spacial score (nSPS) is 14.0. The SMILES string of the molecule is O=C(O)N(CCc1ccc(C(F)(F)F)cc1CN(Cc1cc(C(F)(F)F)cc(C(F)(F)F)c1)c1ncc(N2CCOCC2)cn1)Cc1ccccc1. The van der Waals surface area contributed by atoms with Crippen molar-refractivity contribution in [1.29, 1.82) is 0 Å². The number of aromatic nitrogens is 2. The molecule has 4 aromatic rings. The summed E-state index contributed by atoms with van der Waals surface area (Å²) in [6.07, 6.45) is -13.6. The number of carbonyl (C=O) groups is 1. The van der Waals surface area contributed by atoms with Gasteiger partial charge in [-0.1, -0.05) is 36.4 Å². The van der Waals surface area contributed by atoms with Crippen LogP contribution < -0.4 is 9.80 Å². The maximum Gasteiger partial charge on any atom is 0.416 e. The molecule has 2 heterocycles. The van der Waals surface area contributed by atoms with Crippen LogP contribution in [0.2, 0.25) is 0 Å². The lowest BCUT2D eigenvalue weighted by atomic mass is 9.99. The highest BCUT2D eigenvalue weighted by Crippen LogP contribution is 2.37. The van der Waals surface area contributed by atoms with Crippen molar-refractivity contribution < 1.29 is 54.2 Å². The van der Waals surface area contributed by atoms with Crippen LogP contribution in [0, 0.1) is 0 Å². The maximum absolute atomic E-state index is 14.0. The first-order valence-corrected chi connectivity index (χ1v) is 15.9. The number of ether oxygens (including phenoxy) is 1. The number of amides is 1. The third-order valence-electron chi connectivity index (χ3n) is 8.34. The van der Waals surface area contributed by atoms with Crippen LogP contribution in [-0.4, -0.2) is 58.9 Å². The Morgan fingerprint density at radius 1 is 0.712 bits per heavy atom. The lowest BCUT2D eigenvalue weighted by Gasteiger charge is -2.29. The third-order valence-corrected chi connectivity index (χ3v) is 8.34. The Hall–Kier alpha value is -5.06. The van der Waals surface area contributed by atoms with E-state index in [9.17, 15) is 49.4 Å². The lowest BCUT2D eigenvalue weighted by molar-refractivity contribution is -0.143. The van der Waals surface area contributed by atoms with Gasteiger partial charge in [-0.2, -0.15) is 39.5 Å². The molecule has 1 amide bonds. The summed E-state index contributed by atoms with van der Waals surface area (Å²) in [4.78, 5) is 24.9. The minimum absolute atomic E-state index is 0.0104. The Kier molecular flexibility index (Phi) is 11.5. The summed E-state index contributed by atoms with van der Waals surface area (Å²) >= 11 is 0. The van der Waals surface area contributed by atoms with Crippen molar-refractivity contribution in [1.82, 2.24) is 14.9 Å². The van der Waals surface area contributed by atoms with E-state index in [-0.39, 0.29) is 42.7 Å². The first-order chi connectivity index (χ1) is 24.5. The number of benzene rings is 3. The highest BCUT2D eigenvalue weighted by molar-refractivity contribution is 5.65. The second kappa shape index (κ2) is 15.7. The van der Waals surface area contributed by atoms with Gasteiger partial charge in [0.05, 0.1) is 48.0 Å². The van der Waals surface area contributed by atoms with Crippen LogP contribution in [0.25, 0.3) is 0 Å². The molecular formula is C35H32F9N5O3. The molecule has 0 radical (unpaired) electrons. The molecule has 0 unspecified atom stereocenters. The van der Waals surface area contributed by atoms with Crippen LogP contribution in [0.1, 0.15) is 38.9 Å². The molecule has 1 aliphatic heterocycles. The van der Waals surface area contributed by atoms with E-state index in [1.807, 2.05) is 4.90 Å². The number of morpholine rings is 1. The Balaban J connectivity index is 1.54. The molecule has 0 spiro atoms. The topological polar surface area (TPSA) is 82.0 Å². The van der Waals surface area contributed by atoms with Gasteiger partial charge in [0, 0.05) is 39.3 Å².